The Balaban J connectivity index is 1.45. The number of aliphatic hydroxyl groups excluding tert-OH is 2. The number of rotatable bonds is 8. The Morgan fingerprint density at radius 3 is 2.23 bits per heavy atom. The molecule has 5 aliphatic rings. The maximum absolute atomic E-state index is 12.2. The maximum Gasteiger partial charge on any atom is 0.0656 e. The molecule has 0 heterocycles. The molecule has 17 atom stereocenters. The molecule has 5 fully saturated rings. The molecular weight excluding hydrogens is 528 g/mol. The van der Waals surface area contributed by atoms with Crippen molar-refractivity contribution in [1.29, 1.82) is 0 Å². The van der Waals surface area contributed by atoms with E-state index >= 15 is 0 Å². The molecule has 2 N–H and O–H groups in total. The lowest BCUT2D eigenvalue weighted by atomic mass is 9.33. The van der Waals surface area contributed by atoms with Crippen LogP contribution in [-0.2, 0) is 4.74 Å². The zero-order chi connectivity index (χ0) is 31.5. The zero-order valence-corrected chi connectivity index (χ0v) is 30.1. The SMILES string of the molecule is CCCCCCC1CCC(OC)C(C2CCC(C)C3C(C)C4C(C)C5(C)C(O)C(C(C)O)C(C)CC5(C)CC4(C)CC23)C1. The van der Waals surface area contributed by atoms with Crippen molar-refractivity contribution in [2.75, 3.05) is 7.11 Å². The van der Waals surface area contributed by atoms with E-state index in [2.05, 4.69) is 55.4 Å². The van der Waals surface area contributed by atoms with Gasteiger partial charge in [-0.25, -0.2) is 0 Å². The third kappa shape index (κ3) is 5.62. The van der Waals surface area contributed by atoms with Crippen LogP contribution in [-0.4, -0.2) is 35.6 Å². The maximum atomic E-state index is 12.2. The quantitative estimate of drug-likeness (QED) is 0.273. The third-order valence-electron chi connectivity index (χ3n) is 16.1. The van der Waals surface area contributed by atoms with Crippen LogP contribution in [0.15, 0.2) is 0 Å². The normalized spacial score (nSPS) is 54.3. The summed E-state index contributed by atoms with van der Waals surface area (Å²) in [5.41, 5.74) is 0.227. The molecular formula is C40H72O3. The Kier molecular flexibility index (Phi) is 10.2. The highest BCUT2D eigenvalue weighted by Crippen LogP contribution is 2.74. The summed E-state index contributed by atoms with van der Waals surface area (Å²) in [7, 11) is 2.00. The number of fused-ring (bicyclic) bond motifs is 3. The minimum absolute atomic E-state index is 0.0262. The van der Waals surface area contributed by atoms with E-state index in [0.29, 0.717) is 35.2 Å². The summed E-state index contributed by atoms with van der Waals surface area (Å²) in [5.74, 6) is 6.85. The highest BCUT2D eigenvalue weighted by Gasteiger charge is 2.70. The molecule has 17 unspecified atom stereocenters. The van der Waals surface area contributed by atoms with Gasteiger partial charge in [-0.3, -0.25) is 0 Å². The Hall–Kier alpha value is -0.120. The number of ether oxygens (including phenoxy) is 1. The highest BCUT2D eigenvalue weighted by molar-refractivity contribution is 5.18. The van der Waals surface area contributed by atoms with Crippen LogP contribution in [0.25, 0.3) is 0 Å². The molecule has 250 valence electrons. The highest BCUT2D eigenvalue weighted by atomic mass is 16.5. The van der Waals surface area contributed by atoms with E-state index in [1.54, 1.807) is 0 Å². The summed E-state index contributed by atoms with van der Waals surface area (Å²) in [6.07, 6.45) is 17.1. The molecule has 3 heteroatoms. The van der Waals surface area contributed by atoms with Crippen molar-refractivity contribution < 1.29 is 14.9 Å². The molecule has 0 spiro atoms. The molecule has 0 amide bonds. The molecule has 5 aliphatic carbocycles. The molecule has 3 nitrogen and oxygen atoms in total. The summed E-state index contributed by atoms with van der Waals surface area (Å²) >= 11 is 0. The molecule has 0 aromatic rings. The van der Waals surface area contributed by atoms with E-state index in [1.807, 2.05) is 14.0 Å². The van der Waals surface area contributed by atoms with Gasteiger partial charge in [0.25, 0.3) is 0 Å². The van der Waals surface area contributed by atoms with Crippen molar-refractivity contribution in [2.24, 2.45) is 81.3 Å². The fourth-order valence-corrected chi connectivity index (χ4v) is 14.4. The van der Waals surface area contributed by atoms with Gasteiger partial charge in [0.1, 0.15) is 0 Å². The topological polar surface area (TPSA) is 49.7 Å². The van der Waals surface area contributed by atoms with E-state index < -0.39 is 12.2 Å². The third-order valence-corrected chi connectivity index (χ3v) is 16.1. The van der Waals surface area contributed by atoms with Gasteiger partial charge in [0, 0.05) is 18.4 Å². The zero-order valence-electron chi connectivity index (χ0n) is 30.1. The molecule has 0 aromatic heterocycles. The summed E-state index contributed by atoms with van der Waals surface area (Å²) in [6.45, 7) is 21.9. The number of methoxy groups -OCH3 is 1. The van der Waals surface area contributed by atoms with Gasteiger partial charge >= 0.3 is 0 Å². The van der Waals surface area contributed by atoms with Crippen molar-refractivity contribution in [3.05, 3.63) is 0 Å². The number of aliphatic hydroxyl groups is 2. The van der Waals surface area contributed by atoms with Gasteiger partial charge in [-0.15, -0.1) is 0 Å². The molecule has 0 bridgehead atoms. The van der Waals surface area contributed by atoms with E-state index in [-0.39, 0.29) is 16.7 Å². The molecule has 0 aromatic carbocycles. The largest absolute Gasteiger partial charge is 0.393 e. The van der Waals surface area contributed by atoms with Crippen molar-refractivity contribution in [1.82, 2.24) is 0 Å². The van der Waals surface area contributed by atoms with Crippen molar-refractivity contribution >= 4 is 0 Å². The predicted molar refractivity (Wildman–Crippen MR) is 180 cm³/mol. The summed E-state index contributed by atoms with van der Waals surface area (Å²) in [4.78, 5) is 0. The fourth-order valence-electron chi connectivity index (χ4n) is 14.4. The van der Waals surface area contributed by atoms with Crippen molar-refractivity contribution in [2.45, 2.75) is 164 Å². The first-order chi connectivity index (χ1) is 20.2. The van der Waals surface area contributed by atoms with Gasteiger partial charge in [-0.05, 0) is 122 Å². The second-order valence-electron chi connectivity index (χ2n) is 18.4. The average molecular weight is 601 g/mol. The second-order valence-corrected chi connectivity index (χ2v) is 18.4. The first-order valence-electron chi connectivity index (χ1n) is 19.1. The standard InChI is InChI=1S/C40H72O3/c1-11-12-13-14-15-29-17-19-33(43-10)31(20-29)30-18-16-24(2)34-26(4)36-27(5)40(9)37(42)35(28(6)41)25(3)21-39(40,8)23-38(36,7)22-32(30)34/h24-37,41-42H,11-23H2,1-10H3. The first-order valence-corrected chi connectivity index (χ1v) is 19.1. The Labute approximate surface area is 267 Å². The minimum atomic E-state index is -0.459. The van der Waals surface area contributed by atoms with E-state index in [0.717, 1.165) is 41.9 Å². The average Bonchev–Trinajstić information content (AvgIpc) is 2.92. The van der Waals surface area contributed by atoms with Gasteiger partial charge in [0.15, 0.2) is 0 Å². The Bertz CT molecular complexity index is 933. The number of hydrogen-bond donors (Lipinski definition) is 2. The summed E-state index contributed by atoms with van der Waals surface area (Å²) < 4.78 is 6.34. The van der Waals surface area contributed by atoms with Crippen LogP contribution in [0.1, 0.15) is 146 Å². The van der Waals surface area contributed by atoms with Crippen molar-refractivity contribution in [3.63, 3.8) is 0 Å². The first kappa shape index (κ1) is 34.2. The fraction of sp³-hybridized carbons (Fsp3) is 1.00. The van der Waals surface area contributed by atoms with Crippen LogP contribution in [0.5, 0.6) is 0 Å². The molecule has 0 aliphatic heterocycles. The van der Waals surface area contributed by atoms with Crippen LogP contribution in [0.2, 0.25) is 0 Å². The lowest BCUT2D eigenvalue weighted by molar-refractivity contribution is -0.271. The van der Waals surface area contributed by atoms with Gasteiger partial charge in [-0.2, -0.15) is 0 Å². The Morgan fingerprint density at radius 1 is 0.860 bits per heavy atom. The molecule has 5 saturated carbocycles. The van der Waals surface area contributed by atoms with Gasteiger partial charge in [0.2, 0.25) is 0 Å². The lowest BCUT2D eigenvalue weighted by Crippen LogP contribution is -2.69. The smallest absolute Gasteiger partial charge is 0.0656 e. The summed E-state index contributed by atoms with van der Waals surface area (Å²) in [5, 5.41) is 23.0. The molecule has 0 saturated heterocycles. The number of hydrogen-bond acceptors (Lipinski definition) is 3. The summed E-state index contributed by atoms with van der Waals surface area (Å²) in [6, 6.07) is 0. The van der Waals surface area contributed by atoms with Crippen LogP contribution in [0, 0.1) is 81.3 Å². The van der Waals surface area contributed by atoms with Gasteiger partial charge in [0.05, 0.1) is 18.3 Å². The van der Waals surface area contributed by atoms with E-state index in [9.17, 15) is 10.2 Å². The van der Waals surface area contributed by atoms with Crippen LogP contribution < -0.4 is 0 Å². The van der Waals surface area contributed by atoms with Crippen LogP contribution in [0.3, 0.4) is 0 Å². The minimum Gasteiger partial charge on any atom is -0.393 e. The van der Waals surface area contributed by atoms with Crippen molar-refractivity contribution in [3.8, 4) is 0 Å². The van der Waals surface area contributed by atoms with Gasteiger partial charge < -0.3 is 14.9 Å². The molecule has 0 radical (unpaired) electrons. The lowest BCUT2D eigenvalue weighted by Gasteiger charge is -2.72. The van der Waals surface area contributed by atoms with E-state index in [1.165, 1.54) is 77.0 Å². The van der Waals surface area contributed by atoms with Gasteiger partial charge in [-0.1, -0.05) is 93.9 Å². The monoisotopic (exact) mass is 601 g/mol. The molecule has 5 rings (SSSR count). The van der Waals surface area contributed by atoms with Crippen LogP contribution in [0.4, 0.5) is 0 Å². The Morgan fingerprint density at radius 2 is 1.58 bits per heavy atom. The predicted octanol–water partition coefficient (Wildman–Crippen LogP) is 9.78. The second kappa shape index (κ2) is 12.8. The number of unbranched alkanes of at least 4 members (excludes halogenated alkanes) is 3. The van der Waals surface area contributed by atoms with Crippen LogP contribution >= 0.6 is 0 Å². The van der Waals surface area contributed by atoms with E-state index in [4.69, 9.17) is 4.74 Å². The molecule has 43 heavy (non-hydrogen) atoms.